The van der Waals surface area contributed by atoms with E-state index in [-0.39, 0.29) is 17.6 Å². The first-order chi connectivity index (χ1) is 13.7. The third-order valence-corrected chi connectivity index (χ3v) is 5.06. The molecule has 0 spiro atoms. The highest BCUT2D eigenvalue weighted by Gasteiger charge is 2.27. The van der Waals surface area contributed by atoms with Crippen molar-refractivity contribution in [3.63, 3.8) is 0 Å². The number of aryl methyl sites for hydroxylation is 1. The third-order valence-electron chi connectivity index (χ3n) is 5.06. The summed E-state index contributed by atoms with van der Waals surface area (Å²) >= 11 is 0. The first-order valence-corrected chi connectivity index (χ1v) is 9.64. The zero-order valence-corrected chi connectivity index (χ0v) is 15.7. The van der Waals surface area contributed by atoms with Crippen molar-refractivity contribution in [2.45, 2.75) is 31.9 Å². The molecule has 1 aliphatic rings. The van der Waals surface area contributed by atoms with Gasteiger partial charge in [-0.05, 0) is 30.7 Å². The van der Waals surface area contributed by atoms with Gasteiger partial charge in [-0.25, -0.2) is 4.98 Å². The number of carbonyl (C=O) groups is 1. The summed E-state index contributed by atoms with van der Waals surface area (Å²) in [5, 5.41) is 0.608. The number of benzene rings is 2. The highest BCUT2D eigenvalue weighted by Crippen LogP contribution is 2.19. The number of hydrogen-bond acceptors (Lipinski definition) is 4. The van der Waals surface area contributed by atoms with Gasteiger partial charge in [0.2, 0.25) is 5.91 Å². The molecule has 1 aromatic heterocycles. The minimum Gasteiger partial charge on any atom is -0.489 e. The lowest BCUT2D eigenvalue weighted by Gasteiger charge is -2.17. The molecule has 6 heteroatoms. The number of likely N-dealkylation sites (tertiary alicyclic amines) is 1. The zero-order chi connectivity index (χ0) is 19.3. The van der Waals surface area contributed by atoms with Crippen LogP contribution in [0.4, 0.5) is 0 Å². The van der Waals surface area contributed by atoms with E-state index in [4.69, 9.17) is 4.74 Å². The second-order valence-electron chi connectivity index (χ2n) is 7.05. The quantitative estimate of drug-likeness (QED) is 0.663. The monoisotopic (exact) mass is 377 g/mol. The summed E-state index contributed by atoms with van der Waals surface area (Å²) in [6.07, 6.45) is 3.47. The molecule has 0 bridgehead atoms. The van der Waals surface area contributed by atoms with Crippen molar-refractivity contribution in [3.05, 3.63) is 71.3 Å². The van der Waals surface area contributed by atoms with Crippen LogP contribution in [0.5, 0.6) is 5.75 Å². The Balaban J connectivity index is 1.28. The lowest BCUT2D eigenvalue weighted by molar-refractivity contribution is -0.130. The van der Waals surface area contributed by atoms with Gasteiger partial charge in [-0.1, -0.05) is 30.3 Å². The molecule has 1 fully saturated rings. The van der Waals surface area contributed by atoms with Crippen molar-refractivity contribution in [2.24, 2.45) is 0 Å². The van der Waals surface area contributed by atoms with E-state index < -0.39 is 0 Å². The molecule has 0 aliphatic carbocycles. The number of para-hydroxylation sites is 2. The summed E-state index contributed by atoms with van der Waals surface area (Å²) in [4.78, 5) is 31.2. The number of ether oxygens (including phenoxy) is 1. The Kier molecular flexibility index (Phi) is 5.37. The molecule has 4 rings (SSSR count). The summed E-state index contributed by atoms with van der Waals surface area (Å²) in [5.74, 6) is 0.950. The zero-order valence-electron chi connectivity index (χ0n) is 15.7. The summed E-state index contributed by atoms with van der Waals surface area (Å²) in [6, 6.07) is 17.0. The Bertz CT molecular complexity index is 1020. The molecule has 0 radical (unpaired) electrons. The van der Waals surface area contributed by atoms with E-state index >= 15 is 0 Å². The number of aromatic nitrogens is 2. The largest absolute Gasteiger partial charge is 0.489 e. The highest BCUT2D eigenvalue weighted by atomic mass is 16.5. The maximum absolute atomic E-state index is 12.5. The molecule has 28 heavy (non-hydrogen) atoms. The van der Waals surface area contributed by atoms with Gasteiger partial charge < -0.3 is 9.64 Å². The van der Waals surface area contributed by atoms with Crippen molar-refractivity contribution in [2.75, 3.05) is 13.1 Å². The van der Waals surface area contributed by atoms with E-state index in [0.717, 1.165) is 12.2 Å². The topological polar surface area (TPSA) is 64.4 Å². The van der Waals surface area contributed by atoms with Crippen LogP contribution in [0.15, 0.2) is 65.7 Å². The second-order valence-corrected chi connectivity index (χ2v) is 7.05. The molecular formula is C22H23N3O3. The number of amides is 1. The van der Waals surface area contributed by atoms with Gasteiger partial charge >= 0.3 is 0 Å². The molecule has 144 valence electrons. The number of hydrogen-bond donors (Lipinski definition) is 0. The molecule has 2 heterocycles. The van der Waals surface area contributed by atoms with E-state index in [1.54, 1.807) is 17.0 Å². The molecule has 2 aromatic carbocycles. The number of rotatable bonds is 6. The lowest BCUT2D eigenvalue weighted by atomic mass is 10.2. The maximum atomic E-state index is 12.5. The Labute approximate surface area is 163 Å². The minimum absolute atomic E-state index is 0.0404. The summed E-state index contributed by atoms with van der Waals surface area (Å²) in [7, 11) is 0. The Hall–Kier alpha value is -3.15. The Morgan fingerprint density at radius 3 is 2.75 bits per heavy atom. The van der Waals surface area contributed by atoms with Gasteiger partial charge in [0, 0.05) is 25.9 Å². The molecule has 1 amide bonds. The van der Waals surface area contributed by atoms with Gasteiger partial charge in [0.1, 0.15) is 11.9 Å². The van der Waals surface area contributed by atoms with Gasteiger partial charge in [-0.15, -0.1) is 0 Å². The third kappa shape index (κ3) is 4.06. The fourth-order valence-electron chi connectivity index (χ4n) is 3.57. The molecule has 1 aliphatic heterocycles. The molecule has 0 unspecified atom stereocenters. The number of fused-ring (bicyclic) bond motifs is 1. The van der Waals surface area contributed by atoms with Crippen LogP contribution in [0.25, 0.3) is 10.9 Å². The van der Waals surface area contributed by atoms with Gasteiger partial charge in [0.25, 0.3) is 5.56 Å². The van der Waals surface area contributed by atoms with Crippen LogP contribution in [0, 0.1) is 0 Å². The summed E-state index contributed by atoms with van der Waals surface area (Å²) in [6.45, 7) is 1.82. The maximum Gasteiger partial charge on any atom is 0.261 e. The normalized spacial score (nSPS) is 16.4. The lowest BCUT2D eigenvalue weighted by Crippen LogP contribution is -2.31. The van der Waals surface area contributed by atoms with Crippen LogP contribution in [0.2, 0.25) is 0 Å². The molecule has 0 saturated carbocycles. The van der Waals surface area contributed by atoms with Crippen molar-refractivity contribution in [1.82, 2.24) is 14.5 Å². The second kappa shape index (κ2) is 8.25. The molecule has 1 atom stereocenters. The van der Waals surface area contributed by atoms with Gasteiger partial charge in [-0.3, -0.25) is 14.2 Å². The summed E-state index contributed by atoms with van der Waals surface area (Å²) in [5.41, 5.74) is 0.636. The molecule has 6 nitrogen and oxygen atoms in total. The number of carbonyl (C=O) groups excluding carboxylic acids is 1. The molecule has 0 N–H and O–H groups in total. The summed E-state index contributed by atoms with van der Waals surface area (Å²) < 4.78 is 7.52. The van der Waals surface area contributed by atoms with Crippen LogP contribution in [-0.2, 0) is 11.3 Å². The fraction of sp³-hybridized carbons (Fsp3) is 0.318. The Morgan fingerprint density at radius 2 is 1.89 bits per heavy atom. The van der Waals surface area contributed by atoms with Crippen LogP contribution in [0.1, 0.15) is 19.3 Å². The number of nitrogens with zero attached hydrogens (tertiary/aromatic N) is 3. The minimum atomic E-state index is -0.0597. The average Bonchev–Trinajstić information content (AvgIpc) is 3.19. The van der Waals surface area contributed by atoms with E-state index in [1.807, 2.05) is 53.4 Å². The molecule has 3 aromatic rings. The average molecular weight is 377 g/mol. The first-order valence-electron chi connectivity index (χ1n) is 9.64. The fourth-order valence-corrected chi connectivity index (χ4v) is 3.57. The predicted molar refractivity (Wildman–Crippen MR) is 107 cm³/mol. The Morgan fingerprint density at radius 1 is 1.11 bits per heavy atom. The highest BCUT2D eigenvalue weighted by molar-refractivity contribution is 5.77. The van der Waals surface area contributed by atoms with E-state index in [0.29, 0.717) is 43.4 Å². The first kappa shape index (κ1) is 18.2. The van der Waals surface area contributed by atoms with Crippen LogP contribution >= 0.6 is 0 Å². The molecular weight excluding hydrogens is 354 g/mol. The smallest absolute Gasteiger partial charge is 0.261 e. The van der Waals surface area contributed by atoms with E-state index in [1.165, 1.54) is 0 Å². The van der Waals surface area contributed by atoms with Crippen molar-refractivity contribution in [1.29, 1.82) is 0 Å². The van der Waals surface area contributed by atoms with Crippen molar-refractivity contribution in [3.8, 4) is 5.75 Å². The van der Waals surface area contributed by atoms with Crippen LogP contribution < -0.4 is 10.3 Å². The van der Waals surface area contributed by atoms with Gasteiger partial charge in [0.15, 0.2) is 0 Å². The van der Waals surface area contributed by atoms with E-state index in [2.05, 4.69) is 4.98 Å². The van der Waals surface area contributed by atoms with Crippen LogP contribution in [0.3, 0.4) is 0 Å². The predicted octanol–water partition coefficient (Wildman–Crippen LogP) is 2.86. The SMILES string of the molecule is O=C(CCCn1cnc2ccccc2c1=O)N1CC[C@@H](Oc2ccccc2)C1. The van der Waals surface area contributed by atoms with Crippen molar-refractivity contribution < 1.29 is 9.53 Å². The standard InChI is InChI=1S/C22H23N3O3/c26-21(24-14-12-18(15-24)28-17-7-2-1-3-8-17)11-6-13-25-16-23-20-10-5-4-9-19(20)22(25)27/h1-5,7-10,16,18H,6,11-15H2/t18-/m1/s1. The van der Waals surface area contributed by atoms with E-state index in [9.17, 15) is 9.59 Å². The van der Waals surface area contributed by atoms with Gasteiger partial charge in [0.05, 0.1) is 23.8 Å². The van der Waals surface area contributed by atoms with Crippen LogP contribution in [-0.4, -0.2) is 39.6 Å². The van der Waals surface area contributed by atoms with Crippen molar-refractivity contribution >= 4 is 16.8 Å². The molecule has 1 saturated heterocycles. The van der Waals surface area contributed by atoms with Gasteiger partial charge in [-0.2, -0.15) is 0 Å².